The third-order valence-electron chi connectivity index (χ3n) is 3.84. The largest absolute Gasteiger partial charge is 0.320 e. The summed E-state index contributed by atoms with van der Waals surface area (Å²) >= 11 is 0. The first kappa shape index (κ1) is 17.1. The van der Waals surface area contributed by atoms with Crippen molar-refractivity contribution in [3.05, 3.63) is 71.5 Å². The molecule has 1 N–H and O–H groups in total. The smallest absolute Gasteiger partial charge is 0.255 e. The van der Waals surface area contributed by atoms with Crippen LogP contribution in [-0.4, -0.2) is 26.2 Å². The molecule has 1 atom stereocenters. The Morgan fingerprint density at radius 1 is 1.08 bits per heavy atom. The van der Waals surface area contributed by atoms with Crippen molar-refractivity contribution in [2.24, 2.45) is 0 Å². The molecule has 0 spiro atoms. The molecule has 0 saturated carbocycles. The molecular weight excluding hydrogens is 334 g/mol. The molecule has 25 heavy (non-hydrogen) atoms. The normalized spacial score (nSPS) is 12.0. The van der Waals surface area contributed by atoms with Gasteiger partial charge in [-0.1, -0.05) is 12.1 Å². The van der Waals surface area contributed by atoms with Crippen LogP contribution in [0.5, 0.6) is 0 Å². The predicted octanol–water partition coefficient (Wildman–Crippen LogP) is 3.48. The number of hydrogen-bond donors (Lipinski definition) is 1. The van der Waals surface area contributed by atoms with E-state index in [0.717, 1.165) is 17.1 Å². The molecule has 1 unspecified atom stereocenters. The molecule has 0 saturated heterocycles. The van der Waals surface area contributed by atoms with E-state index in [-0.39, 0.29) is 5.91 Å². The number of aromatic nitrogens is 2. The van der Waals surface area contributed by atoms with Gasteiger partial charge in [0.05, 0.1) is 17.1 Å². The molecule has 1 aromatic heterocycles. The summed E-state index contributed by atoms with van der Waals surface area (Å²) in [5, 5.41) is 7.42. The van der Waals surface area contributed by atoms with Gasteiger partial charge in [-0.25, -0.2) is 4.68 Å². The number of anilines is 1. The Bertz CT molecular complexity index is 946. The molecule has 0 aliphatic rings. The van der Waals surface area contributed by atoms with Gasteiger partial charge < -0.3 is 5.32 Å². The van der Waals surface area contributed by atoms with Crippen LogP contribution in [0.3, 0.4) is 0 Å². The minimum absolute atomic E-state index is 0.220. The minimum atomic E-state index is -1.06. The Kier molecular flexibility index (Phi) is 4.81. The highest BCUT2D eigenvalue weighted by molar-refractivity contribution is 7.84. The number of para-hydroxylation sites is 2. The molecule has 3 aromatic rings. The van der Waals surface area contributed by atoms with Gasteiger partial charge in [-0.05, 0) is 56.3 Å². The van der Waals surface area contributed by atoms with E-state index in [1.165, 1.54) is 0 Å². The van der Waals surface area contributed by atoms with Crippen LogP contribution in [0.4, 0.5) is 5.69 Å². The molecule has 6 heteroatoms. The van der Waals surface area contributed by atoms with Crippen molar-refractivity contribution in [2.45, 2.75) is 18.7 Å². The standard InChI is InChI=1S/C19H19N3O2S/c1-13-12-14(2)22(21-13)18-7-5-4-6-17(18)20-19(23)15-8-10-16(11-9-15)25(3)24/h4-12H,1-3H3,(H,20,23). The number of amides is 1. The maximum atomic E-state index is 12.6. The van der Waals surface area contributed by atoms with Crippen LogP contribution in [0.1, 0.15) is 21.7 Å². The third-order valence-corrected chi connectivity index (χ3v) is 4.77. The van der Waals surface area contributed by atoms with Crippen molar-refractivity contribution in [1.29, 1.82) is 0 Å². The van der Waals surface area contributed by atoms with Crippen molar-refractivity contribution in [3.8, 4) is 5.69 Å². The molecule has 128 valence electrons. The lowest BCUT2D eigenvalue weighted by molar-refractivity contribution is 0.102. The van der Waals surface area contributed by atoms with E-state index >= 15 is 0 Å². The molecule has 0 bridgehead atoms. The number of nitrogens with zero attached hydrogens (tertiary/aromatic N) is 2. The Hall–Kier alpha value is -2.73. The van der Waals surface area contributed by atoms with Crippen molar-refractivity contribution < 1.29 is 9.00 Å². The topological polar surface area (TPSA) is 64.0 Å². The van der Waals surface area contributed by atoms with Gasteiger partial charge >= 0.3 is 0 Å². The highest BCUT2D eigenvalue weighted by atomic mass is 32.2. The summed E-state index contributed by atoms with van der Waals surface area (Å²) in [6.45, 7) is 3.91. The van der Waals surface area contributed by atoms with Crippen LogP contribution >= 0.6 is 0 Å². The van der Waals surface area contributed by atoms with Gasteiger partial charge in [0.15, 0.2) is 0 Å². The van der Waals surface area contributed by atoms with Crippen LogP contribution in [0.25, 0.3) is 5.69 Å². The minimum Gasteiger partial charge on any atom is -0.320 e. The Balaban J connectivity index is 1.89. The lowest BCUT2D eigenvalue weighted by Gasteiger charge is -2.12. The second-order valence-electron chi connectivity index (χ2n) is 5.79. The lowest BCUT2D eigenvalue weighted by atomic mass is 10.2. The van der Waals surface area contributed by atoms with E-state index in [9.17, 15) is 9.00 Å². The molecule has 3 rings (SSSR count). The zero-order chi connectivity index (χ0) is 18.0. The molecule has 0 radical (unpaired) electrons. The summed E-state index contributed by atoms with van der Waals surface area (Å²) in [5.74, 6) is -0.220. The van der Waals surface area contributed by atoms with Gasteiger partial charge in [0, 0.05) is 33.2 Å². The SMILES string of the molecule is Cc1cc(C)n(-c2ccccc2NC(=O)c2ccc(S(C)=O)cc2)n1. The van der Waals surface area contributed by atoms with Crippen molar-refractivity contribution in [1.82, 2.24) is 9.78 Å². The Labute approximate surface area is 149 Å². The second kappa shape index (κ2) is 7.03. The number of nitrogens with one attached hydrogen (secondary N) is 1. The molecule has 0 aliphatic carbocycles. The highest BCUT2D eigenvalue weighted by Gasteiger charge is 2.12. The van der Waals surface area contributed by atoms with Gasteiger partial charge in [-0.2, -0.15) is 5.10 Å². The molecule has 0 fully saturated rings. The van der Waals surface area contributed by atoms with Crippen LogP contribution in [0, 0.1) is 13.8 Å². The molecule has 2 aromatic carbocycles. The predicted molar refractivity (Wildman–Crippen MR) is 99.8 cm³/mol. The van der Waals surface area contributed by atoms with Gasteiger partial charge in [0.25, 0.3) is 5.91 Å². The number of rotatable bonds is 4. The first-order chi connectivity index (χ1) is 12.0. The summed E-state index contributed by atoms with van der Waals surface area (Å²) in [6.07, 6.45) is 1.61. The summed E-state index contributed by atoms with van der Waals surface area (Å²) < 4.78 is 13.3. The lowest BCUT2D eigenvalue weighted by Crippen LogP contribution is -2.14. The summed E-state index contributed by atoms with van der Waals surface area (Å²) in [4.78, 5) is 13.2. The number of hydrogen-bond acceptors (Lipinski definition) is 3. The van der Waals surface area contributed by atoms with E-state index < -0.39 is 10.8 Å². The zero-order valence-electron chi connectivity index (χ0n) is 14.3. The van der Waals surface area contributed by atoms with Crippen LogP contribution < -0.4 is 5.32 Å². The number of benzene rings is 2. The average Bonchev–Trinajstić information content (AvgIpc) is 2.93. The van der Waals surface area contributed by atoms with Crippen molar-refractivity contribution in [3.63, 3.8) is 0 Å². The Morgan fingerprint density at radius 3 is 2.36 bits per heavy atom. The van der Waals surface area contributed by atoms with E-state index in [0.29, 0.717) is 16.1 Å². The fraction of sp³-hybridized carbons (Fsp3) is 0.158. The van der Waals surface area contributed by atoms with Crippen LogP contribution in [0.2, 0.25) is 0 Å². The Morgan fingerprint density at radius 2 is 1.76 bits per heavy atom. The van der Waals surface area contributed by atoms with Gasteiger partial charge in [-0.15, -0.1) is 0 Å². The van der Waals surface area contributed by atoms with Crippen molar-refractivity contribution >= 4 is 22.4 Å². The first-order valence-corrected chi connectivity index (χ1v) is 9.39. The average molecular weight is 353 g/mol. The highest BCUT2D eigenvalue weighted by Crippen LogP contribution is 2.22. The fourth-order valence-corrected chi connectivity index (χ4v) is 3.15. The number of carbonyl (C=O) groups is 1. The maximum Gasteiger partial charge on any atom is 0.255 e. The third kappa shape index (κ3) is 3.69. The molecule has 0 aliphatic heterocycles. The van der Waals surface area contributed by atoms with Crippen LogP contribution in [-0.2, 0) is 10.8 Å². The molecule has 1 amide bonds. The van der Waals surface area contributed by atoms with Gasteiger partial charge in [-0.3, -0.25) is 9.00 Å². The fourth-order valence-electron chi connectivity index (χ4n) is 2.63. The van der Waals surface area contributed by atoms with Crippen molar-refractivity contribution in [2.75, 3.05) is 11.6 Å². The second-order valence-corrected chi connectivity index (χ2v) is 7.17. The van der Waals surface area contributed by atoms with E-state index in [1.807, 2.05) is 48.9 Å². The van der Waals surface area contributed by atoms with Gasteiger partial charge in [0.1, 0.15) is 0 Å². The molecule has 1 heterocycles. The van der Waals surface area contributed by atoms with E-state index in [1.54, 1.807) is 30.5 Å². The maximum absolute atomic E-state index is 12.6. The molecular formula is C19H19N3O2S. The summed E-state index contributed by atoms with van der Waals surface area (Å²) in [7, 11) is -1.06. The monoisotopic (exact) mass is 353 g/mol. The summed E-state index contributed by atoms with van der Waals surface area (Å²) in [6, 6.07) is 16.3. The van der Waals surface area contributed by atoms with Crippen LogP contribution in [0.15, 0.2) is 59.5 Å². The van der Waals surface area contributed by atoms with E-state index in [4.69, 9.17) is 0 Å². The summed E-state index contributed by atoms with van der Waals surface area (Å²) in [5.41, 5.74) is 3.92. The molecule has 5 nitrogen and oxygen atoms in total. The first-order valence-electron chi connectivity index (χ1n) is 7.83. The quantitative estimate of drug-likeness (QED) is 0.781. The van der Waals surface area contributed by atoms with E-state index in [2.05, 4.69) is 10.4 Å². The van der Waals surface area contributed by atoms with Gasteiger partial charge in [0.2, 0.25) is 0 Å². The number of aryl methyl sites for hydroxylation is 2. The zero-order valence-corrected chi connectivity index (χ0v) is 15.1. The number of carbonyl (C=O) groups excluding carboxylic acids is 1.